The monoisotopic (exact) mass is 717 g/mol. The fourth-order valence-electron chi connectivity index (χ4n) is 8.00. The van der Waals surface area contributed by atoms with Gasteiger partial charge in [0, 0.05) is 92.3 Å². The summed E-state index contributed by atoms with van der Waals surface area (Å²) < 4.78 is 0. The molecule has 1 aliphatic heterocycles. The Balaban J connectivity index is 1.36. The van der Waals surface area contributed by atoms with Crippen molar-refractivity contribution in [3.8, 4) is 17.2 Å². The Labute approximate surface area is 320 Å². The highest BCUT2D eigenvalue weighted by atomic mass is 16.3. The van der Waals surface area contributed by atoms with Gasteiger partial charge in [0.05, 0.1) is 0 Å². The lowest BCUT2D eigenvalue weighted by Crippen LogP contribution is -2.26. The van der Waals surface area contributed by atoms with Gasteiger partial charge in [-0.25, -0.2) is 0 Å². The number of phenols is 3. The molecule has 0 spiro atoms. The van der Waals surface area contributed by atoms with Crippen molar-refractivity contribution in [1.82, 2.24) is 14.7 Å². The average Bonchev–Trinajstić information content (AvgIpc) is 3.15. The molecule has 54 heavy (non-hydrogen) atoms. The lowest BCUT2D eigenvalue weighted by molar-refractivity contribution is 0.227. The van der Waals surface area contributed by atoms with Crippen molar-refractivity contribution in [3.05, 3.63) is 194 Å². The minimum atomic E-state index is 0.290. The summed E-state index contributed by atoms with van der Waals surface area (Å²) in [6, 6.07) is 43.7. The van der Waals surface area contributed by atoms with Crippen LogP contribution in [0.25, 0.3) is 0 Å². The third kappa shape index (κ3) is 9.20. The maximum atomic E-state index is 12.0. The standard InChI is InChI=1S/C48H51N3O3/c1-34-19-40-28-49(25-37-13-7-4-8-14-37)30-42-21-35(2)23-44(47(42)53)32-51(27-39-17-11-6-12-18-39)33-45-24-36(3)22-43(48(45)54)31-50(29-41(20-34)46(40)52)26-38-15-9-5-10-16-38/h4-24,52-54H,25-33H2,1-3H3. The van der Waals surface area contributed by atoms with Gasteiger partial charge in [-0.15, -0.1) is 0 Å². The Hall–Kier alpha value is -5.40. The van der Waals surface area contributed by atoms with E-state index in [1.54, 1.807) is 0 Å². The third-order valence-corrected chi connectivity index (χ3v) is 10.3. The Kier molecular flexibility index (Phi) is 11.4. The minimum Gasteiger partial charge on any atom is -0.507 e. The van der Waals surface area contributed by atoms with Crippen LogP contribution in [0.1, 0.15) is 66.8 Å². The summed E-state index contributed by atoms with van der Waals surface area (Å²) in [5.74, 6) is 0.869. The molecule has 276 valence electrons. The van der Waals surface area contributed by atoms with Crippen molar-refractivity contribution in [1.29, 1.82) is 0 Å². The van der Waals surface area contributed by atoms with Gasteiger partial charge in [0.2, 0.25) is 0 Å². The highest BCUT2D eigenvalue weighted by Crippen LogP contribution is 2.35. The Bertz CT molecular complexity index is 1860. The minimum absolute atomic E-state index is 0.290. The van der Waals surface area contributed by atoms with E-state index < -0.39 is 0 Å². The average molecular weight is 718 g/mol. The van der Waals surface area contributed by atoms with Gasteiger partial charge < -0.3 is 15.3 Å². The quantitative estimate of drug-likeness (QED) is 0.160. The van der Waals surface area contributed by atoms with Crippen LogP contribution in [-0.2, 0) is 58.9 Å². The van der Waals surface area contributed by atoms with Gasteiger partial charge in [-0.05, 0) is 37.5 Å². The molecule has 6 aromatic rings. The van der Waals surface area contributed by atoms with Crippen LogP contribution in [0.15, 0.2) is 127 Å². The summed E-state index contributed by atoms with van der Waals surface area (Å²) >= 11 is 0. The molecule has 7 rings (SSSR count). The molecule has 6 aromatic carbocycles. The van der Waals surface area contributed by atoms with Crippen LogP contribution in [0.4, 0.5) is 0 Å². The molecule has 3 N–H and O–H groups in total. The molecule has 0 aliphatic carbocycles. The van der Waals surface area contributed by atoms with Gasteiger partial charge >= 0.3 is 0 Å². The smallest absolute Gasteiger partial charge is 0.124 e. The van der Waals surface area contributed by atoms with Gasteiger partial charge in [-0.2, -0.15) is 0 Å². The predicted octanol–water partition coefficient (Wildman–Crippen LogP) is 9.65. The highest BCUT2D eigenvalue weighted by Gasteiger charge is 2.22. The van der Waals surface area contributed by atoms with Crippen LogP contribution in [0.2, 0.25) is 0 Å². The second-order valence-corrected chi connectivity index (χ2v) is 15.2. The normalized spacial score (nSPS) is 14.7. The molecule has 6 heteroatoms. The maximum absolute atomic E-state index is 12.0. The summed E-state index contributed by atoms with van der Waals surface area (Å²) in [7, 11) is 0. The van der Waals surface area contributed by atoms with Crippen LogP contribution in [-0.4, -0.2) is 30.0 Å². The number of rotatable bonds is 6. The molecule has 0 fully saturated rings. The molecule has 1 aliphatic rings. The first-order chi connectivity index (χ1) is 26.2. The molecule has 0 saturated heterocycles. The lowest BCUT2D eigenvalue weighted by Gasteiger charge is -2.29. The van der Waals surface area contributed by atoms with E-state index in [9.17, 15) is 15.3 Å². The third-order valence-electron chi connectivity index (χ3n) is 10.3. The molecule has 0 saturated carbocycles. The van der Waals surface area contributed by atoms with Crippen LogP contribution in [0, 0.1) is 20.8 Å². The summed E-state index contributed by atoms with van der Waals surface area (Å²) in [4.78, 5) is 6.93. The van der Waals surface area contributed by atoms with Gasteiger partial charge in [-0.1, -0.05) is 144 Å². The van der Waals surface area contributed by atoms with Crippen molar-refractivity contribution in [2.75, 3.05) is 0 Å². The number of nitrogens with zero attached hydrogens (tertiary/aromatic N) is 3. The molecular formula is C48H51N3O3. The predicted molar refractivity (Wildman–Crippen MR) is 217 cm³/mol. The number of hydrogen-bond acceptors (Lipinski definition) is 6. The van der Waals surface area contributed by atoms with E-state index in [0.717, 1.165) is 50.1 Å². The summed E-state index contributed by atoms with van der Waals surface area (Å²) in [5, 5.41) is 36.0. The first-order valence-electron chi connectivity index (χ1n) is 18.9. The van der Waals surface area contributed by atoms with E-state index in [4.69, 9.17) is 0 Å². The molecule has 0 atom stereocenters. The van der Waals surface area contributed by atoms with Gasteiger partial charge in [0.1, 0.15) is 17.2 Å². The van der Waals surface area contributed by atoms with Gasteiger partial charge in [0.15, 0.2) is 0 Å². The first-order valence-corrected chi connectivity index (χ1v) is 18.9. The number of fused-ring (bicyclic) bond motifs is 6. The molecule has 0 radical (unpaired) electrons. The SMILES string of the molecule is Cc1cc2c(O)c(c1)CN(Cc1ccccc1)Cc1cc(C)cc(c1O)CN(Cc1ccccc1)Cc1cc(C)cc(c1O)CN(Cc1ccccc1)C2. The number of aryl methyl sites for hydroxylation is 3. The second kappa shape index (κ2) is 16.7. The zero-order chi connectivity index (χ0) is 37.6. The van der Waals surface area contributed by atoms with E-state index in [2.05, 4.69) is 145 Å². The number of benzene rings is 6. The zero-order valence-corrected chi connectivity index (χ0v) is 31.7. The molecule has 0 amide bonds. The van der Waals surface area contributed by atoms with Crippen LogP contribution < -0.4 is 0 Å². The van der Waals surface area contributed by atoms with E-state index in [1.165, 1.54) is 16.7 Å². The Morgan fingerprint density at radius 3 is 0.759 bits per heavy atom. The fraction of sp³-hybridized carbons (Fsp3) is 0.250. The van der Waals surface area contributed by atoms with Gasteiger partial charge in [0.25, 0.3) is 0 Å². The molecule has 0 aromatic heterocycles. The van der Waals surface area contributed by atoms with Crippen LogP contribution in [0.5, 0.6) is 17.2 Å². The lowest BCUT2D eigenvalue weighted by atomic mass is 9.99. The second-order valence-electron chi connectivity index (χ2n) is 15.2. The van der Waals surface area contributed by atoms with E-state index in [-0.39, 0.29) is 17.2 Å². The molecule has 6 bridgehead atoms. The van der Waals surface area contributed by atoms with Crippen LogP contribution in [0.3, 0.4) is 0 Å². The van der Waals surface area contributed by atoms with E-state index in [1.807, 2.05) is 18.2 Å². The largest absolute Gasteiger partial charge is 0.507 e. The molecular weight excluding hydrogens is 667 g/mol. The fourth-order valence-corrected chi connectivity index (χ4v) is 8.00. The van der Waals surface area contributed by atoms with Crippen molar-refractivity contribution >= 4 is 0 Å². The molecule has 6 nitrogen and oxygen atoms in total. The van der Waals surface area contributed by atoms with E-state index >= 15 is 0 Å². The first kappa shape index (κ1) is 36.9. The van der Waals surface area contributed by atoms with Crippen LogP contribution >= 0.6 is 0 Å². The summed E-state index contributed by atoms with van der Waals surface area (Å²) in [5.41, 5.74) is 11.8. The zero-order valence-electron chi connectivity index (χ0n) is 31.7. The summed E-state index contributed by atoms with van der Waals surface area (Å²) in [6.07, 6.45) is 0. The van der Waals surface area contributed by atoms with E-state index in [0.29, 0.717) is 58.9 Å². The highest BCUT2D eigenvalue weighted by molar-refractivity contribution is 5.47. The van der Waals surface area contributed by atoms with Crippen molar-refractivity contribution < 1.29 is 15.3 Å². The topological polar surface area (TPSA) is 70.4 Å². The van der Waals surface area contributed by atoms with Crippen molar-refractivity contribution in [2.45, 2.75) is 79.7 Å². The van der Waals surface area contributed by atoms with Crippen molar-refractivity contribution in [2.24, 2.45) is 0 Å². The van der Waals surface area contributed by atoms with Gasteiger partial charge in [-0.3, -0.25) is 14.7 Å². The molecule has 0 unspecified atom stereocenters. The number of aromatic hydroxyl groups is 3. The molecule has 1 heterocycles. The number of phenolic OH excluding ortho intramolecular Hbond substituents is 3. The number of hydrogen-bond donors (Lipinski definition) is 3. The Morgan fingerprint density at radius 1 is 0.352 bits per heavy atom. The maximum Gasteiger partial charge on any atom is 0.124 e. The summed E-state index contributed by atoms with van der Waals surface area (Å²) in [6.45, 7) is 11.2. The van der Waals surface area contributed by atoms with Crippen molar-refractivity contribution in [3.63, 3.8) is 0 Å². The Morgan fingerprint density at radius 2 is 0.556 bits per heavy atom.